The molecular weight excluding hydrogens is 1320 g/mol. The fourth-order valence-electron chi connectivity index (χ4n) is 14.3. The van der Waals surface area contributed by atoms with Crippen LogP contribution >= 0.6 is 11.6 Å². The Morgan fingerprint density at radius 2 is 1.29 bits per heavy atom. The quantitative estimate of drug-likeness (QED) is 0.160. The van der Waals surface area contributed by atoms with Gasteiger partial charge in [0.25, 0.3) is 0 Å². The zero-order chi connectivity index (χ0) is 74.1. The number of piperidine rings is 1. The lowest BCUT2D eigenvalue weighted by molar-refractivity contribution is -0.157. The number of nitrogens with one attached hydrogen (secondary N) is 3. The van der Waals surface area contributed by atoms with Gasteiger partial charge in [-0.05, 0) is 119 Å². The highest BCUT2D eigenvalue weighted by atomic mass is 35.5. The van der Waals surface area contributed by atoms with Crippen molar-refractivity contribution in [1.82, 2.24) is 60.0 Å². The first-order valence-electron chi connectivity index (χ1n) is 35.6. The van der Waals surface area contributed by atoms with Gasteiger partial charge in [-0.1, -0.05) is 96.9 Å². The maximum absolute atomic E-state index is 15.5. The van der Waals surface area contributed by atoms with Crippen molar-refractivity contribution in [1.29, 1.82) is 0 Å². The van der Waals surface area contributed by atoms with Gasteiger partial charge >= 0.3 is 6.18 Å². The van der Waals surface area contributed by atoms with E-state index < -0.39 is 162 Å². The molecule has 1 unspecified atom stereocenters. The van der Waals surface area contributed by atoms with E-state index >= 15 is 19.2 Å². The van der Waals surface area contributed by atoms with Crippen LogP contribution in [-0.2, 0) is 74.9 Å². The topological polar surface area (TPSA) is 279 Å². The zero-order valence-electron chi connectivity index (χ0n) is 60.5. The SMILES string of the molecule is C=C(CC)C1NC(=O)[C@H](CC(C)C)N(C)C(=O)C[C@@H](C(=O)N2CCCCC2)N(C)C(=O)[C@H](COCCC)N(C)C(=O)C2(CCCC2)NC(=O)[C@@H]2CCCN2C(=O)[C@H](CCc2ccc(C(F)(F)F)c(Cl)c2)NC(=O)CN(C)C(=O)[C@H](CC2CCCCC2)N(C)C(=O)CN(C)C(=O)CN(C)C1=O. The van der Waals surface area contributed by atoms with E-state index in [4.69, 9.17) is 16.3 Å². The maximum atomic E-state index is 15.5. The summed E-state index contributed by atoms with van der Waals surface area (Å²) in [5, 5.41) is 7.95. The van der Waals surface area contributed by atoms with Gasteiger partial charge in [-0.15, -0.1) is 0 Å². The number of likely N-dealkylation sites (tertiary alicyclic amines) is 1. The molecule has 1 spiro atoms. The number of hydrogen-bond acceptors (Lipinski definition) is 13. The first-order valence-corrected chi connectivity index (χ1v) is 36.0. The Kier molecular flexibility index (Phi) is 30.2. The van der Waals surface area contributed by atoms with Crippen molar-refractivity contribution in [3.05, 3.63) is 46.5 Å². The molecule has 2 aliphatic carbocycles. The molecule has 0 aromatic heterocycles. The summed E-state index contributed by atoms with van der Waals surface area (Å²) in [5.74, 6) is -8.62. The van der Waals surface area contributed by atoms with Crippen LogP contribution in [0.2, 0.25) is 5.02 Å². The number of amides is 12. The highest BCUT2D eigenvalue weighted by molar-refractivity contribution is 6.31. The Balaban J connectivity index is 1.43. The molecule has 3 N–H and O–H groups in total. The number of ether oxygens (including phenoxy) is 1. The predicted octanol–water partition coefficient (Wildman–Crippen LogP) is 5.19. The van der Waals surface area contributed by atoms with Crippen LogP contribution in [0.25, 0.3) is 0 Å². The van der Waals surface area contributed by atoms with Gasteiger partial charge in [0.2, 0.25) is 70.9 Å². The summed E-state index contributed by atoms with van der Waals surface area (Å²) in [4.78, 5) is 189. The predicted molar refractivity (Wildman–Crippen MR) is 368 cm³/mol. The summed E-state index contributed by atoms with van der Waals surface area (Å²) < 4.78 is 47.6. The number of halogens is 4. The Hall–Kier alpha value is -7.36. The van der Waals surface area contributed by atoms with Crippen molar-refractivity contribution in [2.24, 2.45) is 11.8 Å². The minimum atomic E-state index is -4.77. The van der Waals surface area contributed by atoms with Gasteiger partial charge in [-0.3, -0.25) is 57.5 Å². The zero-order valence-corrected chi connectivity index (χ0v) is 61.2. The van der Waals surface area contributed by atoms with Gasteiger partial charge in [-0.25, -0.2) is 0 Å². The molecule has 5 fully saturated rings. The summed E-state index contributed by atoms with van der Waals surface area (Å²) in [7, 11) is 9.64. The van der Waals surface area contributed by atoms with Gasteiger partial charge in [0.05, 0.1) is 43.2 Å². The number of hydrogen-bond donors (Lipinski definition) is 3. The van der Waals surface area contributed by atoms with Crippen LogP contribution in [-0.4, -0.2) is 265 Å². The molecule has 0 bridgehead atoms. The first-order chi connectivity index (χ1) is 47.2. The molecule has 0 radical (unpaired) electrons. The van der Waals surface area contributed by atoms with Gasteiger partial charge in [0, 0.05) is 75.6 Å². The summed E-state index contributed by atoms with van der Waals surface area (Å²) in [5.41, 5.74) is -2.16. The minimum Gasteiger partial charge on any atom is -0.379 e. The molecule has 29 heteroatoms. The Morgan fingerprint density at radius 3 is 1.90 bits per heavy atom. The van der Waals surface area contributed by atoms with Crippen LogP contribution in [0.3, 0.4) is 0 Å². The molecule has 6 rings (SSSR count). The lowest BCUT2D eigenvalue weighted by atomic mass is 9.84. The highest BCUT2D eigenvalue weighted by Gasteiger charge is 2.50. The van der Waals surface area contributed by atoms with Crippen LogP contribution in [0.5, 0.6) is 0 Å². The molecule has 100 heavy (non-hydrogen) atoms. The van der Waals surface area contributed by atoms with Crippen LogP contribution in [0.15, 0.2) is 30.4 Å². The van der Waals surface area contributed by atoms with Crippen LogP contribution in [0, 0.1) is 11.8 Å². The highest BCUT2D eigenvalue weighted by Crippen LogP contribution is 2.37. The van der Waals surface area contributed by atoms with E-state index in [2.05, 4.69) is 22.5 Å². The molecule has 3 heterocycles. The molecule has 12 amide bonds. The fourth-order valence-corrected chi connectivity index (χ4v) is 14.6. The summed E-state index contributed by atoms with van der Waals surface area (Å²) in [6, 6.07) is -6.24. The van der Waals surface area contributed by atoms with Crippen LogP contribution in [0.4, 0.5) is 13.2 Å². The molecule has 2 saturated carbocycles. The standard InChI is InChI=1S/C71H108ClF3N12O13/c1-13-36-100-44-56-66(96)84(11)55(67(97)86-33-21-16-22-34-86)40-58(89)82(9)53(37-45(3)4)62(92)77-61(46(5)14-2)68(98)81(8)42-59(90)79(6)43-60(91)83(10)54(39-47-24-17-15-18-25-47)65(95)80(7)41-57(88)76-51(30-28-48-27-29-49(50(72)38-48)71(73,74)75)64(94)87-35-23-26-52(87)63(93)78-70(31-19-20-32-70)69(99)85(56)12/h27,29,38,45,47,51-56,61H,5,13-26,28,30-37,39-44H2,1-4,6-12H3,(H,76,88)(H,77,92)(H,78,93)/t51-,52-,53-,54-,55-,56-,61?/m0/s1. The Labute approximate surface area is 592 Å². The molecule has 5 aliphatic rings. The number of alkyl halides is 3. The largest absolute Gasteiger partial charge is 0.417 e. The number of carbonyl (C=O) groups is 12. The van der Waals surface area contributed by atoms with Gasteiger partial charge < -0.3 is 64.8 Å². The molecule has 1 aromatic carbocycles. The van der Waals surface area contributed by atoms with E-state index in [1.807, 2.05) is 20.8 Å². The number of benzene rings is 1. The van der Waals surface area contributed by atoms with Crippen LogP contribution < -0.4 is 16.0 Å². The van der Waals surface area contributed by atoms with Crippen molar-refractivity contribution < 1.29 is 75.4 Å². The van der Waals surface area contributed by atoms with E-state index in [9.17, 15) is 51.5 Å². The minimum absolute atomic E-state index is 0.00686. The molecule has 3 aliphatic heterocycles. The number of carbonyl (C=O) groups excluding carboxylic acids is 12. The fraction of sp³-hybridized carbons (Fsp3) is 0.718. The molecule has 25 nitrogen and oxygen atoms in total. The first kappa shape index (κ1) is 81.6. The number of rotatable bonds is 14. The third-order valence-electron chi connectivity index (χ3n) is 20.6. The summed E-state index contributed by atoms with van der Waals surface area (Å²) in [6.45, 7) is 10.1. The van der Waals surface area contributed by atoms with Gasteiger partial charge in [0.1, 0.15) is 47.8 Å². The average Bonchev–Trinajstić information content (AvgIpc) is 1.51. The smallest absolute Gasteiger partial charge is 0.379 e. The third-order valence-corrected chi connectivity index (χ3v) is 20.9. The normalized spacial score (nSPS) is 25.5. The second kappa shape index (κ2) is 37.0. The van der Waals surface area contributed by atoms with E-state index in [0.717, 1.165) is 70.3 Å². The monoisotopic (exact) mass is 1430 g/mol. The Bertz CT molecular complexity index is 3120. The Morgan fingerprint density at radius 1 is 0.670 bits per heavy atom. The van der Waals surface area contributed by atoms with E-state index in [1.165, 1.54) is 75.0 Å². The molecule has 1 aromatic rings. The van der Waals surface area contributed by atoms with Crippen molar-refractivity contribution in [2.45, 2.75) is 217 Å². The number of fused-ring (bicyclic) bond motifs is 1. The van der Waals surface area contributed by atoms with Crippen molar-refractivity contribution in [3.8, 4) is 0 Å². The van der Waals surface area contributed by atoms with E-state index in [0.29, 0.717) is 51.6 Å². The lowest BCUT2D eigenvalue weighted by Gasteiger charge is -2.40. The molecule has 3 saturated heterocycles. The molecule has 558 valence electrons. The third kappa shape index (κ3) is 21.1. The van der Waals surface area contributed by atoms with E-state index in [-0.39, 0.29) is 94.1 Å². The van der Waals surface area contributed by atoms with Crippen molar-refractivity contribution >= 4 is 82.5 Å². The molecular formula is C71H108ClF3N12O13. The van der Waals surface area contributed by atoms with Gasteiger partial charge in [-0.2, -0.15) is 13.2 Å². The number of aryl methyl sites for hydroxylation is 1. The van der Waals surface area contributed by atoms with Gasteiger partial charge in [0.15, 0.2) is 0 Å². The van der Waals surface area contributed by atoms with E-state index in [1.54, 1.807) is 11.8 Å². The second-order valence-corrected chi connectivity index (χ2v) is 28.9. The summed E-state index contributed by atoms with van der Waals surface area (Å²) >= 11 is 6.15. The summed E-state index contributed by atoms with van der Waals surface area (Å²) in [6.07, 6.45) is 3.39. The molecule has 7 atom stereocenters. The van der Waals surface area contributed by atoms with Crippen molar-refractivity contribution in [3.63, 3.8) is 0 Å². The van der Waals surface area contributed by atoms with Crippen LogP contribution in [0.1, 0.15) is 167 Å². The number of nitrogens with zero attached hydrogens (tertiary/aromatic N) is 9. The second-order valence-electron chi connectivity index (χ2n) is 28.5. The van der Waals surface area contributed by atoms with Crippen molar-refractivity contribution in [2.75, 3.05) is 102 Å². The average molecular weight is 1430 g/mol. The number of likely N-dealkylation sites (N-methyl/N-ethyl adjacent to an activating group) is 7. The lowest BCUT2D eigenvalue weighted by Crippen LogP contribution is -2.65. The maximum Gasteiger partial charge on any atom is 0.417 e.